The van der Waals surface area contributed by atoms with Gasteiger partial charge in [-0.05, 0) is 98.0 Å². The van der Waals surface area contributed by atoms with Crippen molar-refractivity contribution < 1.29 is 38.1 Å². The molecule has 0 unspecified atom stereocenters. The molecule has 0 heterocycles. The number of aryl methyl sites for hydroxylation is 1. The smallest absolute Gasteiger partial charge is 0.337 e. The summed E-state index contributed by atoms with van der Waals surface area (Å²) in [5.74, 6) is 11.8. The molecule has 4 aromatic carbocycles. The van der Waals surface area contributed by atoms with E-state index in [-0.39, 0.29) is 11.3 Å². The molecule has 0 aromatic heterocycles. The molecule has 8 nitrogen and oxygen atoms in total. The highest BCUT2D eigenvalue weighted by Gasteiger charge is 2.18. The van der Waals surface area contributed by atoms with Gasteiger partial charge in [-0.1, -0.05) is 91.9 Å². The lowest BCUT2D eigenvalue weighted by Gasteiger charge is -2.16. The minimum atomic E-state index is -0.597. The molecule has 0 bridgehead atoms. The number of esters is 3. The standard InChI is InChI=1S/C47H40O8/c1-31(2)45(48)52-27-25-37-11-9-35(10-12-37)17-23-41-29-34(7)42(44(51-8)43(41)54-30-55-47(50)33(5)6)24-18-36-13-19-39(20-14-36)40-21-15-38(16-22-40)26-28-53-46(49)32(3)4/h9-16,19-22,25-29H,1,3,5,30H2,2,4,6-8H3/b27-25+,28-26+. The summed E-state index contributed by atoms with van der Waals surface area (Å²) in [5.41, 5.74) is 7.94. The Morgan fingerprint density at radius 1 is 0.618 bits per heavy atom. The molecule has 0 aliphatic carbocycles. The predicted molar refractivity (Wildman–Crippen MR) is 214 cm³/mol. The highest BCUT2D eigenvalue weighted by molar-refractivity contribution is 5.88. The van der Waals surface area contributed by atoms with E-state index in [4.69, 9.17) is 23.7 Å². The van der Waals surface area contributed by atoms with E-state index >= 15 is 0 Å². The minimum absolute atomic E-state index is 0.234. The summed E-state index contributed by atoms with van der Waals surface area (Å²) >= 11 is 0. The third kappa shape index (κ3) is 11.9. The zero-order chi connectivity index (χ0) is 39.9. The molecule has 0 atom stereocenters. The van der Waals surface area contributed by atoms with Gasteiger partial charge in [0.05, 0.1) is 30.8 Å². The first-order valence-corrected chi connectivity index (χ1v) is 16.9. The number of benzene rings is 4. The quantitative estimate of drug-likeness (QED) is 0.0356. The number of carbonyl (C=O) groups is 3. The number of methoxy groups -OCH3 is 1. The van der Waals surface area contributed by atoms with Gasteiger partial charge in [-0.15, -0.1) is 0 Å². The Morgan fingerprint density at radius 2 is 1.07 bits per heavy atom. The molecule has 0 fully saturated rings. The van der Waals surface area contributed by atoms with Gasteiger partial charge in [-0.2, -0.15) is 0 Å². The summed E-state index contributed by atoms with van der Waals surface area (Å²) in [6, 6.07) is 24.8. The van der Waals surface area contributed by atoms with Crippen LogP contribution in [0.1, 0.15) is 59.7 Å². The van der Waals surface area contributed by atoms with E-state index in [1.54, 1.807) is 32.9 Å². The molecule has 0 aliphatic heterocycles. The number of hydrogen-bond donors (Lipinski definition) is 0. The van der Waals surface area contributed by atoms with Crippen molar-refractivity contribution in [1.29, 1.82) is 0 Å². The van der Waals surface area contributed by atoms with Crippen LogP contribution in [0.15, 0.2) is 128 Å². The molecule has 8 heteroatoms. The van der Waals surface area contributed by atoms with Gasteiger partial charge in [0.2, 0.25) is 6.79 Å². The first-order valence-electron chi connectivity index (χ1n) is 16.9. The lowest BCUT2D eigenvalue weighted by atomic mass is 10.0. The van der Waals surface area contributed by atoms with Gasteiger partial charge in [0.25, 0.3) is 0 Å². The molecule has 55 heavy (non-hydrogen) atoms. The summed E-state index contributed by atoms with van der Waals surface area (Å²) < 4.78 is 27.0. The SMILES string of the molecule is C=C(C)C(=O)O/C=C/c1ccc(C#Cc2cc(C)c(C#Cc3ccc(-c4ccc(/C=C/OC(=O)C(=C)C)cc4)cc3)c(OC)c2OCOC(=O)C(=C)C)cc1. The molecule has 0 saturated carbocycles. The molecule has 0 saturated heterocycles. The molecule has 0 N–H and O–H groups in total. The van der Waals surface area contributed by atoms with E-state index in [1.165, 1.54) is 19.6 Å². The Bertz CT molecular complexity index is 2300. The maximum Gasteiger partial charge on any atom is 0.337 e. The Labute approximate surface area is 322 Å². The Balaban J connectivity index is 1.58. The van der Waals surface area contributed by atoms with Crippen molar-refractivity contribution in [2.45, 2.75) is 27.7 Å². The summed E-state index contributed by atoms with van der Waals surface area (Å²) in [6.07, 6.45) is 6.02. The number of rotatable bonds is 12. The second-order valence-electron chi connectivity index (χ2n) is 12.3. The van der Waals surface area contributed by atoms with Crippen molar-refractivity contribution in [2.75, 3.05) is 13.9 Å². The fourth-order valence-corrected chi connectivity index (χ4v) is 4.65. The second kappa shape index (κ2) is 19.5. The third-order valence-electron chi connectivity index (χ3n) is 7.66. The highest BCUT2D eigenvalue weighted by atomic mass is 16.7. The van der Waals surface area contributed by atoms with Crippen molar-refractivity contribution in [2.24, 2.45) is 0 Å². The van der Waals surface area contributed by atoms with Crippen molar-refractivity contribution in [3.63, 3.8) is 0 Å². The van der Waals surface area contributed by atoms with Crippen LogP contribution in [-0.2, 0) is 28.6 Å². The van der Waals surface area contributed by atoms with Crippen LogP contribution in [0.25, 0.3) is 23.3 Å². The van der Waals surface area contributed by atoms with Crippen molar-refractivity contribution in [3.8, 4) is 46.3 Å². The zero-order valence-corrected chi connectivity index (χ0v) is 31.4. The van der Waals surface area contributed by atoms with Gasteiger partial charge < -0.3 is 23.7 Å². The molecule has 0 spiro atoms. The summed E-state index contributed by atoms with van der Waals surface area (Å²) in [4.78, 5) is 35.3. The average molecular weight is 733 g/mol. The van der Waals surface area contributed by atoms with E-state index in [1.807, 2.05) is 85.8 Å². The third-order valence-corrected chi connectivity index (χ3v) is 7.66. The molecule has 4 aromatic rings. The van der Waals surface area contributed by atoms with E-state index in [9.17, 15) is 14.4 Å². The molecular formula is C47H40O8. The topological polar surface area (TPSA) is 97.4 Å². The summed E-state index contributed by atoms with van der Waals surface area (Å²) in [5, 5.41) is 0. The van der Waals surface area contributed by atoms with Gasteiger partial charge in [-0.3, -0.25) is 0 Å². The molecule has 0 aliphatic rings. The first kappa shape index (κ1) is 40.5. The lowest BCUT2D eigenvalue weighted by Crippen LogP contribution is -2.12. The average Bonchev–Trinajstić information content (AvgIpc) is 3.17. The van der Waals surface area contributed by atoms with Crippen LogP contribution < -0.4 is 9.47 Å². The summed E-state index contributed by atoms with van der Waals surface area (Å²) in [7, 11) is 1.51. The van der Waals surface area contributed by atoms with Crippen LogP contribution >= 0.6 is 0 Å². The fourth-order valence-electron chi connectivity index (χ4n) is 4.65. The van der Waals surface area contributed by atoms with Gasteiger partial charge in [0.1, 0.15) is 0 Å². The van der Waals surface area contributed by atoms with Gasteiger partial charge in [0.15, 0.2) is 11.5 Å². The van der Waals surface area contributed by atoms with Crippen molar-refractivity contribution in [3.05, 3.63) is 167 Å². The van der Waals surface area contributed by atoms with Crippen molar-refractivity contribution >= 4 is 30.1 Å². The largest absolute Gasteiger partial charge is 0.492 e. The van der Waals surface area contributed by atoms with Crippen LogP contribution in [0, 0.1) is 30.6 Å². The number of hydrogen-bond acceptors (Lipinski definition) is 8. The number of carbonyl (C=O) groups excluding carboxylic acids is 3. The Kier molecular flexibility index (Phi) is 14.4. The second-order valence-corrected chi connectivity index (χ2v) is 12.3. The van der Waals surface area contributed by atoms with E-state index in [2.05, 4.69) is 43.4 Å². The van der Waals surface area contributed by atoms with Crippen LogP contribution in [0.4, 0.5) is 0 Å². The minimum Gasteiger partial charge on any atom is -0.492 e. The van der Waals surface area contributed by atoms with Gasteiger partial charge in [-0.25, -0.2) is 14.4 Å². The fraction of sp³-hybridized carbons (Fsp3) is 0.128. The normalized spacial score (nSPS) is 10.3. The molecular weight excluding hydrogens is 693 g/mol. The van der Waals surface area contributed by atoms with Crippen LogP contribution in [0.3, 0.4) is 0 Å². The number of ether oxygens (including phenoxy) is 5. The van der Waals surface area contributed by atoms with Crippen LogP contribution in [0.5, 0.6) is 11.5 Å². The van der Waals surface area contributed by atoms with E-state index in [0.717, 1.165) is 33.4 Å². The monoisotopic (exact) mass is 732 g/mol. The van der Waals surface area contributed by atoms with Crippen LogP contribution in [-0.4, -0.2) is 31.8 Å². The van der Waals surface area contributed by atoms with Crippen molar-refractivity contribution in [1.82, 2.24) is 0 Å². The lowest BCUT2D eigenvalue weighted by molar-refractivity contribution is -0.145. The molecule has 0 radical (unpaired) electrons. The predicted octanol–water partition coefficient (Wildman–Crippen LogP) is 9.11. The van der Waals surface area contributed by atoms with Crippen LogP contribution in [0.2, 0.25) is 0 Å². The highest BCUT2D eigenvalue weighted by Crippen LogP contribution is 2.37. The maximum absolute atomic E-state index is 12.1. The summed E-state index contributed by atoms with van der Waals surface area (Å²) in [6.45, 7) is 17.0. The Morgan fingerprint density at radius 3 is 1.56 bits per heavy atom. The van der Waals surface area contributed by atoms with Gasteiger partial charge >= 0.3 is 17.9 Å². The molecule has 0 amide bonds. The van der Waals surface area contributed by atoms with Gasteiger partial charge in [0, 0.05) is 27.8 Å². The first-order chi connectivity index (χ1) is 26.4. The van der Waals surface area contributed by atoms with E-state index in [0.29, 0.717) is 33.6 Å². The molecule has 276 valence electrons. The maximum atomic E-state index is 12.1. The Hall–Kier alpha value is -7.29. The van der Waals surface area contributed by atoms with E-state index < -0.39 is 24.7 Å². The zero-order valence-electron chi connectivity index (χ0n) is 31.4. The molecule has 4 rings (SSSR count).